The van der Waals surface area contributed by atoms with Gasteiger partial charge in [0.15, 0.2) is 0 Å². The number of fused-ring (bicyclic) bond motifs is 1. The van der Waals surface area contributed by atoms with Gasteiger partial charge in [-0.25, -0.2) is 0 Å². The summed E-state index contributed by atoms with van der Waals surface area (Å²) in [6.45, 7) is 3.07. The molecule has 2 heterocycles. The third kappa shape index (κ3) is 2.43. The minimum atomic E-state index is 0.188. The molecule has 1 unspecified atom stereocenters. The molecule has 0 spiro atoms. The Morgan fingerprint density at radius 2 is 1.94 bits per heavy atom. The molecule has 0 aromatic heterocycles. The zero-order valence-electron chi connectivity index (χ0n) is 10.1. The van der Waals surface area contributed by atoms with Crippen molar-refractivity contribution in [1.82, 2.24) is 5.32 Å². The van der Waals surface area contributed by atoms with Crippen LogP contribution in [0.5, 0.6) is 0 Å². The quantitative estimate of drug-likeness (QED) is 0.747. The molecule has 2 aliphatic rings. The third-order valence-corrected chi connectivity index (χ3v) is 3.66. The minimum absolute atomic E-state index is 0.188. The van der Waals surface area contributed by atoms with Gasteiger partial charge >= 0.3 is 0 Å². The molecular weight excluding hydrogens is 210 g/mol. The number of hydrogen-bond donors (Lipinski definition) is 1. The minimum Gasteiger partial charge on any atom is -0.369 e. The lowest BCUT2D eigenvalue weighted by Crippen LogP contribution is -2.24. The predicted molar refractivity (Wildman–Crippen MR) is 69.0 cm³/mol. The SMILES string of the molecule is C(=C1CCNCC1)C1OCCc2ccccc21. The molecule has 0 radical (unpaired) electrons. The van der Waals surface area contributed by atoms with Crippen LogP contribution in [0.4, 0.5) is 0 Å². The Morgan fingerprint density at radius 1 is 1.12 bits per heavy atom. The first-order chi connectivity index (χ1) is 8.43. The summed E-state index contributed by atoms with van der Waals surface area (Å²) in [5.74, 6) is 0. The third-order valence-electron chi connectivity index (χ3n) is 3.66. The molecule has 1 fully saturated rings. The Labute approximate surface area is 103 Å². The first kappa shape index (κ1) is 11.0. The fourth-order valence-electron chi connectivity index (χ4n) is 2.69. The normalized spacial score (nSPS) is 24.2. The monoisotopic (exact) mass is 229 g/mol. The van der Waals surface area contributed by atoms with Gasteiger partial charge in [0.05, 0.1) is 6.61 Å². The molecular formula is C15H19NO. The van der Waals surface area contributed by atoms with Crippen molar-refractivity contribution < 1.29 is 4.74 Å². The zero-order valence-corrected chi connectivity index (χ0v) is 10.1. The Kier molecular flexibility index (Phi) is 3.25. The van der Waals surface area contributed by atoms with Gasteiger partial charge < -0.3 is 10.1 Å². The molecule has 0 amide bonds. The van der Waals surface area contributed by atoms with Crippen LogP contribution in [0, 0.1) is 0 Å². The second kappa shape index (κ2) is 5.03. The van der Waals surface area contributed by atoms with E-state index in [1.807, 2.05) is 0 Å². The number of hydrogen-bond acceptors (Lipinski definition) is 2. The lowest BCUT2D eigenvalue weighted by Gasteiger charge is -2.25. The van der Waals surface area contributed by atoms with E-state index in [0.29, 0.717) is 0 Å². The van der Waals surface area contributed by atoms with Crippen LogP contribution in [0.1, 0.15) is 30.1 Å². The van der Waals surface area contributed by atoms with Crippen LogP contribution < -0.4 is 5.32 Å². The molecule has 3 rings (SSSR count). The summed E-state index contributed by atoms with van der Waals surface area (Å²) >= 11 is 0. The summed E-state index contributed by atoms with van der Waals surface area (Å²) in [4.78, 5) is 0. The molecule has 0 aliphatic carbocycles. The summed E-state index contributed by atoms with van der Waals surface area (Å²) < 4.78 is 5.91. The molecule has 2 aliphatic heterocycles. The molecule has 1 saturated heterocycles. The highest BCUT2D eigenvalue weighted by atomic mass is 16.5. The largest absolute Gasteiger partial charge is 0.369 e. The van der Waals surface area contributed by atoms with Gasteiger partial charge in [-0.1, -0.05) is 35.9 Å². The van der Waals surface area contributed by atoms with E-state index in [-0.39, 0.29) is 6.10 Å². The van der Waals surface area contributed by atoms with Gasteiger partial charge in [-0.05, 0) is 43.5 Å². The lowest BCUT2D eigenvalue weighted by atomic mass is 9.94. The first-order valence-corrected chi connectivity index (χ1v) is 6.53. The van der Waals surface area contributed by atoms with Crippen LogP contribution in [0.3, 0.4) is 0 Å². The number of nitrogens with one attached hydrogen (secondary N) is 1. The van der Waals surface area contributed by atoms with Crippen molar-refractivity contribution >= 4 is 0 Å². The van der Waals surface area contributed by atoms with E-state index in [2.05, 4.69) is 35.7 Å². The van der Waals surface area contributed by atoms with Gasteiger partial charge in [0, 0.05) is 0 Å². The highest BCUT2D eigenvalue weighted by Gasteiger charge is 2.19. The Bertz CT molecular complexity index is 417. The molecule has 17 heavy (non-hydrogen) atoms. The summed E-state index contributed by atoms with van der Waals surface area (Å²) in [6.07, 6.45) is 5.92. The van der Waals surface area contributed by atoms with Crippen LogP contribution in [0.2, 0.25) is 0 Å². The van der Waals surface area contributed by atoms with Crippen molar-refractivity contribution in [2.45, 2.75) is 25.4 Å². The van der Waals surface area contributed by atoms with E-state index in [0.717, 1.165) is 26.1 Å². The number of ether oxygens (including phenoxy) is 1. The van der Waals surface area contributed by atoms with Crippen molar-refractivity contribution in [3.05, 3.63) is 47.0 Å². The molecule has 90 valence electrons. The molecule has 1 N–H and O–H groups in total. The van der Waals surface area contributed by atoms with Crippen molar-refractivity contribution in [3.8, 4) is 0 Å². The Hall–Kier alpha value is -1.12. The fraction of sp³-hybridized carbons (Fsp3) is 0.467. The zero-order chi connectivity index (χ0) is 11.5. The van der Waals surface area contributed by atoms with E-state index in [4.69, 9.17) is 4.74 Å². The summed E-state index contributed by atoms with van der Waals surface area (Å²) in [6, 6.07) is 8.67. The van der Waals surface area contributed by atoms with Gasteiger partial charge in [0.1, 0.15) is 6.10 Å². The highest BCUT2D eigenvalue weighted by Crippen LogP contribution is 2.30. The maximum atomic E-state index is 5.91. The van der Waals surface area contributed by atoms with Crippen LogP contribution in [0.25, 0.3) is 0 Å². The van der Waals surface area contributed by atoms with Crippen LogP contribution >= 0.6 is 0 Å². The van der Waals surface area contributed by atoms with E-state index in [9.17, 15) is 0 Å². The van der Waals surface area contributed by atoms with Crippen molar-refractivity contribution in [2.75, 3.05) is 19.7 Å². The van der Waals surface area contributed by atoms with Crippen LogP contribution in [0.15, 0.2) is 35.9 Å². The molecule has 1 atom stereocenters. The maximum Gasteiger partial charge on any atom is 0.101 e. The lowest BCUT2D eigenvalue weighted by molar-refractivity contribution is 0.0741. The summed E-state index contributed by atoms with van der Waals surface area (Å²) in [5.41, 5.74) is 4.37. The second-order valence-electron chi connectivity index (χ2n) is 4.82. The topological polar surface area (TPSA) is 21.3 Å². The molecule has 2 nitrogen and oxygen atoms in total. The van der Waals surface area contributed by atoms with Crippen LogP contribution in [-0.2, 0) is 11.2 Å². The first-order valence-electron chi connectivity index (χ1n) is 6.53. The standard InChI is InChI=1S/C15H19NO/c1-2-4-14-13(3-1)7-10-17-15(14)11-12-5-8-16-9-6-12/h1-4,11,15-16H,5-10H2. The highest BCUT2D eigenvalue weighted by molar-refractivity contribution is 5.34. The molecule has 0 saturated carbocycles. The fourth-order valence-corrected chi connectivity index (χ4v) is 2.69. The maximum absolute atomic E-state index is 5.91. The summed E-state index contributed by atoms with van der Waals surface area (Å²) in [5, 5.41) is 3.39. The van der Waals surface area contributed by atoms with Crippen molar-refractivity contribution in [1.29, 1.82) is 0 Å². The molecule has 0 bridgehead atoms. The van der Waals surface area contributed by atoms with Crippen LogP contribution in [-0.4, -0.2) is 19.7 Å². The van der Waals surface area contributed by atoms with Crippen molar-refractivity contribution in [3.63, 3.8) is 0 Å². The van der Waals surface area contributed by atoms with E-state index in [1.165, 1.54) is 24.0 Å². The van der Waals surface area contributed by atoms with E-state index in [1.54, 1.807) is 5.57 Å². The van der Waals surface area contributed by atoms with E-state index >= 15 is 0 Å². The molecule has 2 heteroatoms. The van der Waals surface area contributed by atoms with Gasteiger partial charge in [-0.15, -0.1) is 0 Å². The van der Waals surface area contributed by atoms with Gasteiger partial charge in [-0.2, -0.15) is 0 Å². The molecule has 1 aromatic rings. The number of benzene rings is 1. The smallest absolute Gasteiger partial charge is 0.101 e. The number of rotatable bonds is 1. The predicted octanol–water partition coefficient (Wildman–Crippen LogP) is 2.61. The summed E-state index contributed by atoms with van der Waals surface area (Å²) in [7, 11) is 0. The van der Waals surface area contributed by atoms with Gasteiger partial charge in [0.2, 0.25) is 0 Å². The van der Waals surface area contributed by atoms with Crippen molar-refractivity contribution in [2.24, 2.45) is 0 Å². The Balaban J connectivity index is 1.84. The average Bonchev–Trinajstić information content (AvgIpc) is 2.40. The average molecular weight is 229 g/mol. The van der Waals surface area contributed by atoms with Gasteiger partial charge in [0.25, 0.3) is 0 Å². The number of piperidine rings is 1. The van der Waals surface area contributed by atoms with E-state index < -0.39 is 0 Å². The Morgan fingerprint density at radius 3 is 2.82 bits per heavy atom. The van der Waals surface area contributed by atoms with Gasteiger partial charge in [-0.3, -0.25) is 0 Å². The molecule has 1 aromatic carbocycles. The second-order valence-corrected chi connectivity index (χ2v) is 4.82.